The second-order valence-electron chi connectivity index (χ2n) is 3.20. The molecule has 3 heteroatoms. The van der Waals surface area contributed by atoms with E-state index in [1.807, 2.05) is 22.6 Å². The Morgan fingerprint density at radius 2 is 2.08 bits per heavy atom. The quantitative estimate of drug-likeness (QED) is 0.671. The highest BCUT2D eigenvalue weighted by atomic mass is 127. The average Bonchev–Trinajstić information content (AvgIpc) is 2.09. The fraction of sp³-hybridized carbons (Fsp3) is 0.300. The van der Waals surface area contributed by atoms with Gasteiger partial charge in [0.25, 0.3) is 0 Å². The molecule has 0 bridgehead atoms. The Bertz CT molecular complexity index is 373. The lowest BCUT2D eigenvalue weighted by Crippen LogP contribution is -2.11. The van der Waals surface area contributed by atoms with Crippen molar-refractivity contribution < 1.29 is 9.18 Å². The Hall–Kier alpha value is -0.450. The van der Waals surface area contributed by atoms with E-state index >= 15 is 0 Å². The van der Waals surface area contributed by atoms with Crippen molar-refractivity contribution in [3.05, 3.63) is 32.6 Å². The van der Waals surface area contributed by atoms with E-state index in [4.69, 9.17) is 0 Å². The number of halogens is 2. The number of carbonyl (C=O) groups excluding carboxylic acids is 1. The van der Waals surface area contributed by atoms with Crippen molar-refractivity contribution >= 4 is 28.4 Å². The van der Waals surface area contributed by atoms with Gasteiger partial charge in [0.15, 0.2) is 5.78 Å². The molecular weight excluding hydrogens is 282 g/mol. The molecule has 0 unspecified atom stereocenters. The third-order valence-corrected chi connectivity index (χ3v) is 3.12. The van der Waals surface area contributed by atoms with Crippen LogP contribution in [0.2, 0.25) is 0 Å². The van der Waals surface area contributed by atoms with Gasteiger partial charge < -0.3 is 0 Å². The van der Waals surface area contributed by atoms with Gasteiger partial charge in [-0.25, -0.2) is 4.39 Å². The summed E-state index contributed by atoms with van der Waals surface area (Å²) in [7, 11) is 0. The number of rotatable bonds is 0. The zero-order chi connectivity index (χ0) is 9.42. The van der Waals surface area contributed by atoms with E-state index < -0.39 is 0 Å². The molecule has 13 heavy (non-hydrogen) atoms. The Morgan fingerprint density at radius 3 is 2.85 bits per heavy atom. The molecule has 0 radical (unpaired) electrons. The van der Waals surface area contributed by atoms with Crippen LogP contribution in [-0.2, 0) is 6.42 Å². The van der Waals surface area contributed by atoms with Crippen LogP contribution in [0.15, 0.2) is 12.1 Å². The minimum absolute atomic E-state index is 0.152. The van der Waals surface area contributed by atoms with E-state index in [0.29, 0.717) is 9.99 Å². The Kier molecular flexibility index (Phi) is 2.36. The van der Waals surface area contributed by atoms with Crippen molar-refractivity contribution in [2.75, 3.05) is 0 Å². The van der Waals surface area contributed by atoms with Gasteiger partial charge in [-0.15, -0.1) is 0 Å². The predicted molar refractivity (Wildman–Crippen MR) is 56.4 cm³/mol. The Labute approximate surface area is 89.5 Å². The predicted octanol–water partition coefficient (Wildman–Crippen LogP) is 2.95. The molecule has 0 fully saturated rings. The summed E-state index contributed by atoms with van der Waals surface area (Å²) in [5.74, 6) is -0.0618. The summed E-state index contributed by atoms with van der Waals surface area (Å²) >= 11 is 1.91. The Balaban J connectivity index is 2.58. The number of hydrogen-bond donors (Lipinski definition) is 0. The maximum absolute atomic E-state index is 13.1. The van der Waals surface area contributed by atoms with Gasteiger partial charge in [0.05, 0.1) is 0 Å². The third kappa shape index (κ3) is 1.61. The van der Waals surface area contributed by atoms with Crippen molar-refractivity contribution in [1.82, 2.24) is 0 Å². The van der Waals surface area contributed by atoms with Gasteiger partial charge in [-0.2, -0.15) is 0 Å². The van der Waals surface area contributed by atoms with Crippen LogP contribution in [-0.4, -0.2) is 5.78 Å². The van der Waals surface area contributed by atoms with E-state index in [1.54, 1.807) is 6.07 Å². The minimum Gasteiger partial charge on any atom is -0.294 e. The van der Waals surface area contributed by atoms with Crippen molar-refractivity contribution in [2.24, 2.45) is 0 Å². The van der Waals surface area contributed by atoms with Gasteiger partial charge in [-0.05, 0) is 53.1 Å². The number of aryl methyl sites for hydroxylation is 1. The molecule has 0 saturated heterocycles. The first-order valence-electron chi connectivity index (χ1n) is 4.19. The standard InChI is InChI=1S/C10H8FIO/c11-8-4-6-2-1-3-10(13)7(6)5-9(8)12/h4-5H,1-3H2. The number of ketones is 1. The first-order valence-corrected chi connectivity index (χ1v) is 5.27. The summed E-state index contributed by atoms with van der Waals surface area (Å²) in [5.41, 5.74) is 1.59. The van der Waals surface area contributed by atoms with Gasteiger partial charge in [-0.1, -0.05) is 0 Å². The van der Waals surface area contributed by atoms with Crippen LogP contribution in [0.25, 0.3) is 0 Å². The summed E-state index contributed by atoms with van der Waals surface area (Å²) in [5, 5.41) is 0. The highest BCUT2D eigenvalue weighted by molar-refractivity contribution is 14.1. The zero-order valence-corrected chi connectivity index (χ0v) is 9.10. The maximum atomic E-state index is 13.1. The molecule has 0 heterocycles. The lowest BCUT2D eigenvalue weighted by atomic mass is 9.91. The van der Waals surface area contributed by atoms with E-state index in [2.05, 4.69) is 0 Å². The van der Waals surface area contributed by atoms with Crippen LogP contribution >= 0.6 is 22.6 Å². The van der Waals surface area contributed by atoms with Crippen LogP contribution < -0.4 is 0 Å². The van der Waals surface area contributed by atoms with Crippen LogP contribution in [0.3, 0.4) is 0 Å². The van der Waals surface area contributed by atoms with Crippen LogP contribution in [0, 0.1) is 9.39 Å². The molecule has 1 aliphatic rings. The van der Waals surface area contributed by atoms with Gasteiger partial charge in [0.2, 0.25) is 0 Å². The molecule has 0 aromatic heterocycles. The second kappa shape index (κ2) is 3.36. The fourth-order valence-corrected chi connectivity index (χ4v) is 2.10. The lowest BCUT2D eigenvalue weighted by Gasteiger charge is -2.14. The lowest BCUT2D eigenvalue weighted by molar-refractivity contribution is 0.0972. The molecule has 0 N–H and O–H groups in total. The minimum atomic E-state index is -0.214. The van der Waals surface area contributed by atoms with E-state index in [0.717, 1.165) is 24.0 Å². The molecule has 1 aromatic carbocycles. The topological polar surface area (TPSA) is 17.1 Å². The fourth-order valence-electron chi connectivity index (χ4n) is 1.63. The smallest absolute Gasteiger partial charge is 0.163 e. The molecule has 68 valence electrons. The number of benzene rings is 1. The monoisotopic (exact) mass is 290 g/mol. The van der Waals surface area contributed by atoms with Gasteiger partial charge in [-0.3, -0.25) is 4.79 Å². The normalized spacial score (nSPS) is 15.7. The highest BCUT2D eigenvalue weighted by Gasteiger charge is 2.18. The summed E-state index contributed by atoms with van der Waals surface area (Å²) in [6, 6.07) is 3.15. The first-order chi connectivity index (χ1) is 6.18. The van der Waals surface area contributed by atoms with E-state index in [-0.39, 0.29) is 11.6 Å². The van der Waals surface area contributed by atoms with Crippen molar-refractivity contribution in [3.8, 4) is 0 Å². The third-order valence-electron chi connectivity index (χ3n) is 2.30. The van der Waals surface area contributed by atoms with Gasteiger partial charge >= 0.3 is 0 Å². The summed E-state index contributed by atoms with van der Waals surface area (Å²) in [4.78, 5) is 11.4. The molecule has 1 aromatic rings. The second-order valence-corrected chi connectivity index (χ2v) is 4.36. The molecule has 0 atom stereocenters. The Morgan fingerprint density at radius 1 is 1.31 bits per heavy atom. The summed E-state index contributed by atoms with van der Waals surface area (Å²) in [6.45, 7) is 0. The van der Waals surface area contributed by atoms with Crippen LogP contribution in [0.1, 0.15) is 28.8 Å². The van der Waals surface area contributed by atoms with E-state index in [9.17, 15) is 9.18 Å². The van der Waals surface area contributed by atoms with Crippen LogP contribution in [0.5, 0.6) is 0 Å². The highest BCUT2D eigenvalue weighted by Crippen LogP contribution is 2.24. The number of hydrogen-bond acceptors (Lipinski definition) is 1. The zero-order valence-electron chi connectivity index (χ0n) is 6.94. The molecule has 1 aliphatic carbocycles. The van der Waals surface area contributed by atoms with Crippen LogP contribution in [0.4, 0.5) is 4.39 Å². The van der Waals surface area contributed by atoms with Crippen molar-refractivity contribution in [3.63, 3.8) is 0 Å². The SMILES string of the molecule is O=C1CCCc2cc(F)c(I)cc21. The van der Waals surface area contributed by atoms with Gasteiger partial charge in [0.1, 0.15) is 5.82 Å². The van der Waals surface area contributed by atoms with Gasteiger partial charge in [0, 0.05) is 15.6 Å². The molecule has 1 nitrogen and oxygen atoms in total. The average molecular weight is 290 g/mol. The van der Waals surface area contributed by atoms with E-state index in [1.165, 1.54) is 6.07 Å². The number of carbonyl (C=O) groups is 1. The molecule has 0 spiro atoms. The number of fused-ring (bicyclic) bond motifs is 1. The summed E-state index contributed by atoms with van der Waals surface area (Å²) < 4.78 is 13.6. The molecular formula is C10H8FIO. The molecule has 0 amide bonds. The van der Waals surface area contributed by atoms with Crippen molar-refractivity contribution in [1.29, 1.82) is 0 Å². The first kappa shape index (κ1) is 9.12. The largest absolute Gasteiger partial charge is 0.294 e. The summed E-state index contributed by atoms with van der Waals surface area (Å²) in [6.07, 6.45) is 2.29. The maximum Gasteiger partial charge on any atom is 0.163 e. The molecule has 2 rings (SSSR count). The van der Waals surface area contributed by atoms with Crippen molar-refractivity contribution in [2.45, 2.75) is 19.3 Å². The molecule has 0 aliphatic heterocycles. The molecule has 0 saturated carbocycles. The number of Topliss-reactive ketones (excluding diaryl/α,β-unsaturated/α-hetero) is 1.